The van der Waals surface area contributed by atoms with Gasteiger partial charge in [-0.1, -0.05) is 0 Å². The van der Waals surface area contributed by atoms with Crippen LogP contribution in [0.3, 0.4) is 0 Å². The van der Waals surface area contributed by atoms with E-state index >= 15 is 0 Å². The molecule has 0 aromatic heterocycles. The molecular weight excluding hydrogens is 251 g/mol. The van der Waals surface area contributed by atoms with Gasteiger partial charge in [-0.15, -0.1) is 0 Å². The molecule has 1 rings (SSSR count). The average molecular weight is 253 g/mol. The van der Waals surface area contributed by atoms with Gasteiger partial charge in [-0.2, -0.15) is 22.0 Å². The predicted molar refractivity (Wildman–Crippen MR) is 32.9 cm³/mol. The van der Waals surface area contributed by atoms with Gasteiger partial charge in [-0.3, -0.25) is 4.74 Å². The van der Waals surface area contributed by atoms with Crippen molar-refractivity contribution in [1.82, 2.24) is 0 Å². The summed E-state index contributed by atoms with van der Waals surface area (Å²) in [6.07, 6.45) is -4.07. The Bertz CT molecular complexity index is 222. The molecule has 0 amide bonds. The number of hydrogen-bond donors (Lipinski definition) is 0. The van der Waals surface area contributed by atoms with Gasteiger partial charge in [0.25, 0.3) is 0 Å². The quantitative estimate of drug-likeness (QED) is 0.396. The number of halogens is 6. The van der Waals surface area contributed by atoms with Crippen LogP contribution in [0.25, 0.3) is 0 Å². The normalized spacial score (nSPS) is 34.2. The smallest absolute Gasteiger partial charge is 0.269 e. The maximum Gasteiger partial charge on any atom is 0.379 e. The van der Waals surface area contributed by atoms with Crippen molar-refractivity contribution in [2.24, 2.45) is 0 Å². The molecule has 12 heavy (non-hydrogen) atoms. The molecule has 1 atom stereocenters. The summed E-state index contributed by atoms with van der Waals surface area (Å²) in [5.74, 6) is -3.78. The van der Waals surface area contributed by atoms with Crippen molar-refractivity contribution in [3.63, 3.8) is 0 Å². The molecule has 70 valence electrons. The van der Waals surface area contributed by atoms with Crippen LogP contribution in [0.1, 0.15) is 0 Å². The molecule has 0 bridgehead atoms. The standard InChI is InChI=1S/C5H2BrF5O/c6-5(10,11)3(7)1-2-4(8,9)12-3/h1-2H. The van der Waals surface area contributed by atoms with E-state index in [1.165, 1.54) is 0 Å². The van der Waals surface area contributed by atoms with Crippen molar-refractivity contribution >= 4 is 15.9 Å². The maximum atomic E-state index is 12.7. The van der Waals surface area contributed by atoms with Gasteiger partial charge in [-0.05, 0) is 22.0 Å². The molecule has 0 aliphatic carbocycles. The molecule has 1 nitrogen and oxygen atoms in total. The Hall–Kier alpha value is -0.170. The fourth-order valence-electron chi connectivity index (χ4n) is 0.623. The van der Waals surface area contributed by atoms with Crippen LogP contribution >= 0.6 is 15.9 Å². The zero-order valence-electron chi connectivity index (χ0n) is 5.33. The van der Waals surface area contributed by atoms with Gasteiger partial charge in [0.1, 0.15) is 0 Å². The second kappa shape index (κ2) is 2.41. The second-order valence-electron chi connectivity index (χ2n) is 2.14. The van der Waals surface area contributed by atoms with E-state index in [4.69, 9.17) is 0 Å². The minimum atomic E-state index is -4.17. The van der Waals surface area contributed by atoms with Gasteiger partial charge in [0, 0.05) is 6.08 Å². The summed E-state index contributed by atoms with van der Waals surface area (Å²) in [5, 5.41) is 0. The summed E-state index contributed by atoms with van der Waals surface area (Å²) >= 11 is 1.60. The monoisotopic (exact) mass is 252 g/mol. The van der Waals surface area contributed by atoms with Crippen LogP contribution in [-0.2, 0) is 4.74 Å². The van der Waals surface area contributed by atoms with E-state index in [9.17, 15) is 22.0 Å². The highest BCUT2D eigenvalue weighted by Crippen LogP contribution is 2.47. The highest BCUT2D eigenvalue weighted by Gasteiger charge is 2.61. The lowest BCUT2D eigenvalue weighted by atomic mass is 10.3. The number of rotatable bonds is 1. The van der Waals surface area contributed by atoms with Gasteiger partial charge < -0.3 is 0 Å². The lowest BCUT2D eigenvalue weighted by molar-refractivity contribution is -0.309. The lowest BCUT2D eigenvalue weighted by Crippen LogP contribution is -2.40. The Morgan fingerprint density at radius 2 is 1.67 bits per heavy atom. The van der Waals surface area contributed by atoms with Crippen molar-refractivity contribution in [3.8, 4) is 0 Å². The van der Waals surface area contributed by atoms with Crippen LogP contribution in [-0.4, -0.2) is 16.8 Å². The molecule has 0 fully saturated rings. The minimum absolute atomic E-state index is 0.0260. The summed E-state index contributed by atoms with van der Waals surface area (Å²) in [7, 11) is 0. The van der Waals surface area contributed by atoms with Crippen LogP contribution < -0.4 is 0 Å². The third kappa shape index (κ3) is 1.61. The van der Waals surface area contributed by atoms with Crippen molar-refractivity contribution < 1.29 is 26.7 Å². The van der Waals surface area contributed by atoms with E-state index in [1.54, 1.807) is 15.9 Å². The van der Waals surface area contributed by atoms with E-state index < -0.39 is 16.8 Å². The molecule has 1 unspecified atom stereocenters. The second-order valence-corrected chi connectivity index (χ2v) is 3.14. The zero-order chi connectivity index (χ0) is 9.62. The summed E-state index contributed by atoms with van der Waals surface area (Å²) in [4.78, 5) is -4.17. The summed E-state index contributed by atoms with van der Waals surface area (Å²) in [5.41, 5.74) is 0. The third-order valence-corrected chi connectivity index (χ3v) is 1.70. The van der Waals surface area contributed by atoms with Crippen molar-refractivity contribution in [1.29, 1.82) is 0 Å². The van der Waals surface area contributed by atoms with Crippen molar-refractivity contribution in [3.05, 3.63) is 12.2 Å². The number of ether oxygens (including phenoxy) is 1. The summed E-state index contributed by atoms with van der Waals surface area (Å²) in [6.45, 7) is 0. The van der Waals surface area contributed by atoms with Gasteiger partial charge >= 0.3 is 16.8 Å². The number of hydrogen-bond acceptors (Lipinski definition) is 1. The van der Waals surface area contributed by atoms with E-state index in [0.717, 1.165) is 0 Å². The predicted octanol–water partition coefficient (Wildman–Crippen LogP) is 2.82. The van der Waals surface area contributed by atoms with E-state index in [2.05, 4.69) is 4.74 Å². The average Bonchev–Trinajstić information content (AvgIpc) is 2.05. The molecular formula is C5H2BrF5O. The molecule has 1 heterocycles. The van der Waals surface area contributed by atoms with Crippen LogP contribution in [0.15, 0.2) is 12.2 Å². The topological polar surface area (TPSA) is 9.23 Å². The highest BCUT2D eigenvalue weighted by atomic mass is 79.9. The first-order valence-electron chi connectivity index (χ1n) is 2.70. The molecule has 0 radical (unpaired) electrons. The molecule has 0 aromatic carbocycles. The Morgan fingerprint density at radius 1 is 1.17 bits per heavy atom. The highest BCUT2D eigenvalue weighted by molar-refractivity contribution is 9.10. The Labute approximate surface area is 72.3 Å². The zero-order valence-corrected chi connectivity index (χ0v) is 6.92. The van der Waals surface area contributed by atoms with Gasteiger partial charge in [-0.25, -0.2) is 0 Å². The first-order valence-corrected chi connectivity index (χ1v) is 3.50. The van der Waals surface area contributed by atoms with Crippen LogP contribution in [0.4, 0.5) is 22.0 Å². The Balaban J connectivity index is 2.88. The van der Waals surface area contributed by atoms with E-state index in [1.807, 2.05) is 0 Å². The van der Waals surface area contributed by atoms with Gasteiger partial charge in [0.05, 0.1) is 0 Å². The third-order valence-electron chi connectivity index (χ3n) is 1.16. The SMILES string of the molecule is FC1(F)C=CC(F)(C(F)(F)Br)O1. The maximum absolute atomic E-state index is 12.7. The lowest BCUT2D eigenvalue weighted by Gasteiger charge is -2.23. The molecule has 1 aliphatic heterocycles. The van der Waals surface area contributed by atoms with Crippen LogP contribution in [0.5, 0.6) is 0 Å². The van der Waals surface area contributed by atoms with Gasteiger partial charge in [0.15, 0.2) is 0 Å². The molecule has 7 heteroatoms. The first-order chi connectivity index (χ1) is 5.16. The Kier molecular flexibility index (Phi) is 1.99. The van der Waals surface area contributed by atoms with E-state index in [0.29, 0.717) is 0 Å². The van der Waals surface area contributed by atoms with Crippen LogP contribution in [0.2, 0.25) is 0 Å². The Morgan fingerprint density at radius 3 is 1.83 bits per heavy atom. The van der Waals surface area contributed by atoms with Crippen LogP contribution in [0, 0.1) is 0 Å². The minimum Gasteiger partial charge on any atom is -0.269 e. The first kappa shape index (κ1) is 9.91. The largest absolute Gasteiger partial charge is 0.379 e. The summed E-state index contributed by atoms with van der Waals surface area (Å²) < 4.78 is 64.4. The molecule has 1 aliphatic rings. The fraction of sp³-hybridized carbons (Fsp3) is 0.600. The molecule has 0 saturated heterocycles. The van der Waals surface area contributed by atoms with Gasteiger partial charge in [0.2, 0.25) is 0 Å². The van der Waals surface area contributed by atoms with Crippen molar-refractivity contribution in [2.45, 2.75) is 16.8 Å². The summed E-state index contributed by atoms with van der Waals surface area (Å²) in [6, 6.07) is 0. The van der Waals surface area contributed by atoms with E-state index in [-0.39, 0.29) is 12.2 Å². The molecule has 0 aromatic rings. The molecule has 0 spiro atoms. The van der Waals surface area contributed by atoms with Crippen molar-refractivity contribution in [2.75, 3.05) is 0 Å². The fourth-order valence-corrected chi connectivity index (χ4v) is 0.836. The molecule has 0 saturated carbocycles. The molecule has 0 N–H and O–H groups in total. The number of alkyl halides is 6.